The molecule has 0 aliphatic carbocycles. The molecule has 1 amide bonds. The summed E-state index contributed by atoms with van der Waals surface area (Å²) in [5, 5.41) is 3.65. The maximum Gasteiger partial charge on any atom is 0.346 e. The zero-order valence-electron chi connectivity index (χ0n) is 17.1. The molecule has 9 nitrogen and oxygen atoms in total. The molecule has 0 fully saturated rings. The van der Waals surface area contributed by atoms with Crippen molar-refractivity contribution in [1.82, 2.24) is 19.7 Å². The standard InChI is InChI=1S/C17H28N4O5S/c1-9-17(3,4)14-18-15(21(19-14)16(24)20(5)6)27-11(13(23)26-8)10(2)12(22)25-7/h10-11H,9H2,1-8H3. The minimum absolute atomic E-state index is 0.219. The van der Waals surface area contributed by atoms with Crippen molar-refractivity contribution in [3.8, 4) is 0 Å². The lowest BCUT2D eigenvalue weighted by molar-refractivity contribution is -0.150. The van der Waals surface area contributed by atoms with E-state index in [0.29, 0.717) is 5.82 Å². The fourth-order valence-corrected chi connectivity index (χ4v) is 3.12. The molecule has 152 valence electrons. The van der Waals surface area contributed by atoms with Gasteiger partial charge >= 0.3 is 18.0 Å². The number of esters is 2. The van der Waals surface area contributed by atoms with Gasteiger partial charge in [-0.25, -0.2) is 9.78 Å². The molecule has 0 aliphatic heterocycles. The largest absolute Gasteiger partial charge is 0.469 e. The van der Waals surface area contributed by atoms with Gasteiger partial charge in [-0.15, -0.1) is 5.10 Å². The van der Waals surface area contributed by atoms with Gasteiger partial charge in [0, 0.05) is 19.5 Å². The Morgan fingerprint density at radius 3 is 2.19 bits per heavy atom. The second-order valence-corrected chi connectivity index (χ2v) is 8.03. The van der Waals surface area contributed by atoms with Crippen molar-refractivity contribution >= 4 is 29.7 Å². The molecule has 0 spiro atoms. The Morgan fingerprint density at radius 1 is 1.19 bits per heavy atom. The van der Waals surface area contributed by atoms with E-state index in [1.165, 1.54) is 19.1 Å². The minimum atomic E-state index is -0.932. The lowest BCUT2D eigenvalue weighted by Crippen LogP contribution is -2.34. The number of nitrogens with zero attached hydrogens (tertiary/aromatic N) is 4. The highest BCUT2D eigenvalue weighted by atomic mass is 32.2. The van der Waals surface area contributed by atoms with Crippen LogP contribution in [0.15, 0.2) is 5.16 Å². The summed E-state index contributed by atoms with van der Waals surface area (Å²) in [7, 11) is 5.68. The summed E-state index contributed by atoms with van der Waals surface area (Å²) in [4.78, 5) is 42.6. The van der Waals surface area contributed by atoms with Crippen molar-refractivity contribution in [1.29, 1.82) is 0 Å². The van der Waals surface area contributed by atoms with E-state index >= 15 is 0 Å². The van der Waals surface area contributed by atoms with Crippen LogP contribution in [0.3, 0.4) is 0 Å². The number of amides is 1. The third kappa shape index (κ3) is 5.21. The van der Waals surface area contributed by atoms with Crippen molar-refractivity contribution in [2.75, 3.05) is 28.3 Å². The SMILES string of the molecule is CCC(C)(C)c1nc(SC(C(=O)OC)C(C)C(=O)OC)n(C(=O)N(C)C)n1. The summed E-state index contributed by atoms with van der Waals surface area (Å²) < 4.78 is 10.7. The monoisotopic (exact) mass is 400 g/mol. The van der Waals surface area contributed by atoms with E-state index in [-0.39, 0.29) is 10.6 Å². The number of hydrogen-bond donors (Lipinski definition) is 0. The summed E-state index contributed by atoms with van der Waals surface area (Å²) in [6.07, 6.45) is 0.760. The van der Waals surface area contributed by atoms with E-state index in [4.69, 9.17) is 9.47 Å². The van der Waals surface area contributed by atoms with Crippen LogP contribution in [0.2, 0.25) is 0 Å². The molecule has 0 bridgehead atoms. The topological polar surface area (TPSA) is 104 Å². The summed E-state index contributed by atoms with van der Waals surface area (Å²) in [5.41, 5.74) is -0.359. The zero-order valence-corrected chi connectivity index (χ0v) is 17.9. The normalized spacial score (nSPS) is 13.6. The third-order valence-corrected chi connectivity index (χ3v) is 5.65. The molecular weight excluding hydrogens is 372 g/mol. The molecule has 0 aromatic carbocycles. The lowest BCUT2D eigenvalue weighted by atomic mass is 9.90. The van der Waals surface area contributed by atoms with Gasteiger partial charge in [-0.2, -0.15) is 4.68 Å². The zero-order chi connectivity index (χ0) is 20.9. The number of thioether (sulfide) groups is 1. The average Bonchev–Trinajstić information content (AvgIpc) is 3.08. The third-order valence-electron chi connectivity index (χ3n) is 4.32. The van der Waals surface area contributed by atoms with Gasteiger partial charge in [0.1, 0.15) is 5.25 Å². The molecule has 2 unspecified atom stereocenters. The molecule has 0 saturated heterocycles. The number of rotatable bonds is 7. The van der Waals surface area contributed by atoms with Crippen LogP contribution in [0.1, 0.15) is 39.9 Å². The Balaban J connectivity index is 3.41. The fraction of sp³-hybridized carbons (Fsp3) is 0.706. The molecule has 2 atom stereocenters. The smallest absolute Gasteiger partial charge is 0.346 e. The first kappa shape index (κ1) is 22.9. The van der Waals surface area contributed by atoms with Crippen molar-refractivity contribution in [3.05, 3.63) is 5.82 Å². The maximum atomic E-state index is 12.5. The number of ether oxygens (including phenoxy) is 2. The van der Waals surface area contributed by atoms with E-state index in [2.05, 4.69) is 10.1 Å². The maximum absolute atomic E-state index is 12.5. The number of aromatic nitrogens is 3. The van der Waals surface area contributed by atoms with Crippen molar-refractivity contribution in [2.45, 2.75) is 49.9 Å². The predicted octanol–water partition coefficient (Wildman–Crippen LogP) is 1.94. The molecule has 1 aromatic rings. The van der Waals surface area contributed by atoms with Gasteiger partial charge in [-0.3, -0.25) is 9.59 Å². The van der Waals surface area contributed by atoms with Gasteiger partial charge in [0.25, 0.3) is 0 Å². The average molecular weight is 401 g/mol. The molecule has 0 aliphatic rings. The minimum Gasteiger partial charge on any atom is -0.469 e. The Hall–Kier alpha value is -2.10. The molecule has 10 heteroatoms. The van der Waals surface area contributed by atoms with Crippen LogP contribution in [0, 0.1) is 5.92 Å². The van der Waals surface area contributed by atoms with E-state index in [9.17, 15) is 14.4 Å². The molecule has 1 rings (SSSR count). The number of carbonyl (C=O) groups is 3. The van der Waals surface area contributed by atoms with E-state index in [1.54, 1.807) is 21.0 Å². The van der Waals surface area contributed by atoms with Crippen LogP contribution in [-0.2, 0) is 24.5 Å². The molecular formula is C17H28N4O5S. The second kappa shape index (κ2) is 9.20. The van der Waals surface area contributed by atoms with Gasteiger partial charge in [0.2, 0.25) is 0 Å². The lowest BCUT2D eigenvalue weighted by Gasteiger charge is -2.19. The van der Waals surface area contributed by atoms with Crippen molar-refractivity contribution in [3.63, 3.8) is 0 Å². The molecule has 0 saturated carbocycles. The van der Waals surface area contributed by atoms with Crippen LogP contribution in [0.4, 0.5) is 4.79 Å². The highest BCUT2D eigenvalue weighted by Crippen LogP contribution is 2.32. The Kier molecular flexibility index (Phi) is 7.82. The highest BCUT2D eigenvalue weighted by Gasteiger charge is 2.36. The van der Waals surface area contributed by atoms with Gasteiger partial charge in [-0.05, 0) is 6.42 Å². The molecule has 1 heterocycles. The number of carbonyl (C=O) groups excluding carboxylic acids is 3. The van der Waals surface area contributed by atoms with E-state index in [0.717, 1.165) is 22.9 Å². The summed E-state index contributed by atoms with van der Waals surface area (Å²) in [6, 6.07) is -0.405. The van der Waals surface area contributed by atoms with Gasteiger partial charge < -0.3 is 14.4 Å². The van der Waals surface area contributed by atoms with Gasteiger partial charge in [0.15, 0.2) is 11.0 Å². The van der Waals surface area contributed by atoms with Gasteiger partial charge in [0.05, 0.1) is 20.1 Å². The first-order valence-corrected chi connectivity index (χ1v) is 9.39. The Labute approximate surface area is 163 Å². The van der Waals surface area contributed by atoms with Crippen molar-refractivity contribution < 1.29 is 23.9 Å². The summed E-state index contributed by atoms with van der Waals surface area (Å²) >= 11 is 0.959. The van der Waals surface area contributed by atoms with Gasteiger partial charge in [-0.1, -0.05) is 39.5 Å². The summed E-state index contributed by atoms with van der Waals surface area (Å²) in [6.45, 7) is 7.50. The molecule has 0 N–H and O–H groups in total. The molecule has 0 radical (unpaired) electrons. The van der Waals surface area contributed by atoms with E-state index in [1.807, 2.05) is 20.8 Å². The molecule has 27 heavy (non-hydrogen) atoms. The Morgan fingerprint density at radius 2 is 1.74 bits per heavy atom. The van der Waals surface area contributed by atoms with E-state index < -0.39 is 29.1 Å². The quantitative estimate of drug-likeness (QED) is 0.505. The van der Waals surface area contributed by atoms with Crippen LogP contribution < -0.4 is 0 Å². The number of methoxy groups -OCH3 is 2. The highest BCUT2D eigenvalue weighted by molar-refractivity contribution is 8.00. The van der Waals surface area contributed by atoms with Crippen LogP contribution >= 0.6 is 11.8 Å². The predicted molar refractivity (Wildman–Crippen MR) is 101 cm³/mol. The second-order valence-electron chi connectivity index (χ2n) is 6.92. The number of hydrogen-bond acceptors (Lipinski definition) is 8. The Bertz CT molecular complexity index is 701. The first-order chi connectivity index (χ1) is 12.5. The summed E-state index contributed by atoms with van der Waals surface area (Å²) in [5.74, 6) is -1.48. The van der Waals surface area contributed by atoms with Crippen LogP contribution in [-0.4, -0.2) is 71.2 Å². The van der Waals surface area contributed by atoms with Crippen LogP contribution in [0.5, 0.6) is 0 Å². The van der Waals surface area contributed by atoms with Crippen molar-refractivity contribution in [2.24, 2.45) is 5.92 Å². The fourth-order valence-electron chi connectivity index (χ4n) is 2.03. The molecule has 1 aromatic heterocycles. The first-order valence-electron chi connectivity index (χ1n) is 8.51. The van der Waals surface area contributed by atoms with Crippen LogP contribution in [0.25, 0.3) is 0 Å².